The van der Waals surface area contributed by atoms with Crippen LogP contribution in [0, 0.1) is 52.2 Å². The second-order valence-electron chi connectivity index (χ2n) is 14.8. The first-order chi connectivity index (χ1) is 24.4. The van der Waals surface area contributed by atoms with Gasteiger partial charge in [0.1, 0.15) is 5.58 Å². The minimum Gasteiger partial charge on any atom is -0.500 e. The van der Waals surface area contributed by atoms with Crippen LogP contribution in [0.1, 0.15) is 54.4 Å². The van der Waals surface area contributed by atoms with E-state index in [2.05, 4.69) is 147 Å². The number of aryl methyl sites for hydroxylation is 5. The molecular formula is C47H43IrN3O-2. The second-order valence-corrected chi connectivity index (χ2v) is 14.8. The molecule has 8 aromatic rings. The maximum Gasteiger partial charge on any atom is 0.128 e. The number of pyridine rings is 3. The van der Waals surface area contributed by atoms with E-state index in [0.717, 1.165) is 73.0 Å². The quantitative estimate of drug-likeness (QED) is 0.165. The van der Waals surface area contributed by atoms with Gasteiger partial charge in [0.05, 0.1) is 5.58 Å². The van der Waals surface area contributed by atoms with Crippen molar-refractivity contribution >= 4 is 32.7 Å². The topological polar surface area (TPSA) is 51.8 Å². The van der Waals surface area contributed by atoms with Crippen LogP contribution < -0.4 is 0 Å². The molecule has 0 aliphatic rings. The Morgan fingerprint density at radius 1 is 0.673 bits per heavy atom. The van der Waals surface area contributed by atoms with Gasteiger partial charge in [-0.15, -0.1) is 47.5 Å². The number of furan rings is 1. The first-order valence-corrected chi connectivity index (χ1v) is 17.6. The largest absolute Gasteiger partial charge is 0.500 e. The number of benzene rings is 4. The molecule has 4 aromatic carbocycles. The maximum absolute atomic E-state index is 6.50. The average Bonchev–Trinajstić information content (AvgIpc) is 3.49. The molecule has 0 bridgehead atoms. The molecule has 4 nitrogen and oxygen atoms in total. The van der Waals surface area contributed by atoms with Crippen molar-refractivity contribution in [3.05, 3.63) is 149 Å². The summed E-state index contributed by atoms with van der Waals surface area (Å²) in [7, 11) is 0. The zero-order valence-electron chi connectivity index (χ0n) is 31.1. The minimum absolute atomic E-state index is 0. The van der Waals surface area contributed by atoms with Crippen molar-refractivity contribution in [3.8, 4) is 33.6 Å². The van der Waals surface area contributed by atoms with Gasteiger partial charge in [0.2, 0.25) is 0 Å². The number of fused-ring (bicyclic) bond motifs is 5. The van der Waals surface area contributed by atoms with Gasteiger partial charge in [0.25, 0.3) is 0 Å². The number of aromatic nitrogens is 3. The summed E-state index contributed by atoms with van der Waals surface area (Å²) in [6, 6.07) is 38.3. The van der Waals surface area contributed by atoms with E-state index in [1.54, 1.807) is 0 Å². The average molecular weight is 858 g/mol. The third-order valence-electron chi connectivity index (χ3n) is 9.43. The summed E-state index contributed by atoms with van der Waals surface area (Å²) in [6.45, 7) is 17.2. The molecule has 0 saturated carbocycles. The number of rotatable bonds is 4. The summed E-state index contributed by atoms with van der Waals surface area (Å²) in [5, 5.41) is 4.44. The van der Waals surface area contributed by atoms with E-state index >= 15 is 0 Å². The van der Waals surface area contributed by atoms with Gasteiger partial charge in [-0.1, -0.05) is 110 Å². The number of hydrogen-bond donors (Lipinski definition) is 0. The SMILES string of the molecule is Cc1cc2c(ccc3c4cc[c-]c(-c5cc(CC(C)(C)C)ccn5)c4oc23)c(C)n1.Cc1cnc(-c2[c-]cc(C)c(-c3ccccc3)c2)cc1C.[Ir]. The Morgan fingerprint density at radius 2 is 1.42 bits per heavy atom. The molecule has 0 saturated heterocycles. The van der Waals surface area contributed by atoms with E-state index in [9.17, 15) is 0 Å². The van der Waals surface area contributed by atoms with Gasteiger partial charge in [-0.3, -0.25) is 4.98 Å². The molecule has 0 spiro atoms. The standard InChI is InChI=1S/C27H25N2O.C20H18N.Ir/c1-16-13-23-19(17(2)29-16)9-10-21-20-7-6-8-22(25(20)30-26(21)23)24-14-18(11-12-28-24)15-27(3,4)5;1-14-9-10-18(20-11-15(2)16(3)13-21-20)12-19(14)17-7-5-4-6-8-17;/h6-7,9-14H,15H2,1-5H3;4-9,11-13H,1-3H3;/q2*-1;. The van der Waals surface area contributed by atoms with Crippen molar-refractivity contribution in [2.75, 3.05) is 0 Å². The molecular weight excluding hydrogens is 815 g/mol. The molecule has 0 unspecified atom stereocenters. The fourth-order valence-corrected chi connectivity index (χ4v) is 6.79. The van der Waals surface area contributed by atoms with Crippen LogP contribution in [-0.4, -0.2) is 15.0 Å². The molecule has 0 atom stereocenters. The third kappa shape index (κ3) is 7.62. The molecule has 0 amide bonds. The Hall–Kier alpha value is -4.96. The van der Waals surface area contributed by atoms with Gasteiger partial charge >= 0.3 is 0 Å². The van der Waals surface area contributed by atoms with E-state index in [0.29, 0.717) is 0 Å². The Morgan fingerprint density at radius 3 is 2.17 bits per heavy atom. The fraction of sp³-hybridized carbons (Fsp3) is 0.213. The minimum atomic E-state index is 0. The molecule has 52 heavy (non-hydrogen) atoms. The third-order valence-corrected chi connectivity index (χ3v) is 9.43. The van der Waals surface area contributed by atoms with Crippen molar-refractivity contribution < 1.29 is 24.5 Å². The Balaban J connectivity index is 0.000000186. The first kappa shape index (κ1) is 36.8. The van der Waals surface area contributed by atoms with Gasteiger partial charge in [-0.2, -0.15) is 0 Å². The first-order valence-electron chi connectivity index (χ1n) is 17.6. The van der Waals surface area contributed by atoms with Crippen LogP contribution in [0.3, 0.4) is 0 Å². The summed E-state index contributed by atoms with van der Waals surface area (Å²) in [6.07, 6.45) is 4.81. The van der Waals surface area contributed by atoms with E-state index in [1.165, 1.54) is 33.4 Å². The van der Waals surface area contributed by atoms with E-state index in [-0.39, 0.29) is 25.5 Å². The summed E-state index contributed by atoms with van der Waals surface area (Å²) in [5.41, 5.74) is 15.3. The molecule has 0 fully saturated rings. The molecule has 0 aliphatic heterocycles. The molecule has 4 aromatic heterocycles. The van der Waals surface area contributed by atoms with E-state index in [4.69, 9.17) is 4.42 Å². The van der Waals surface area contributed by atoms with Gasteiger partial charge in [-0.25, -0.2) is 0 Å². The molecule has 4 heterocycles. The van der Waals surface area contributed by atoms with Crippen LogP contribution >= 0.6 is 0 Å². The predicted octanol–water partition coefficient (Wildman–Crippen LogP) is 12.3. The normalized spacial score (nSPS) is 11.4. The summed E-state index contributed by atoms with van der Waals surface area (Å²) in [5.74, 6) is 0. The monoisotopic (exact) mass is 858 g/mol. The van der Waals surface area contributed by atoms with Crippen molar-refractivity contribution in [2.24, 2.45) is 5.41 Å². The van der Waals surface area contributed by atoms with Crippen molar-refractivity contribution in [2.45, 2.75) is 61.8 Å². The zero-order valence-corrected chi connectivity index (χ0v) is 33.5. The molecule has 0 N–H and O–H groups in total. The van der Waals surface area contributed by atoms with Crippen molar-refractivity contribution in [3.63, 3.8) is 0 Å². The summed E-state index contributed by atoms with van der Waals surface area (Å²) >= 11 is 0. The molecule has 5 heteroatoms. The van der Waals surface area contributed by atoms with Crippen molar-refractivity contribution in [1.82, 2.24) is 15.0 Å². The van der Waals surface area contributed by atoms with Gasteiger partial charge in [-0.05, 0) is 74.2 Å². The predicted molar refractivity (Wildman–Crippen MR) is 212 cm³/mol. The second kappa shape index (κ2) is 14.9. The van der Waals surface area contributed by atoms with Crippen LogP contribution in [0.2, 0.25) is 0 Å². The Bertz CT molecular complexity index is 2540. The van der Waals surface area contributed by atoms with Crippen LogP contribution in [0.25, 0.3) is 66.4 Å². The summed E-state index contributed by atoms with van der Waals surface area (Å²) < 4.78 is 6.50. The molecule has 1 radical (unpaired) electrons. The van der Waals surface area contributed by atoms with E-state index < -0.39 is 0 Å². The van der Waals surface area contributed by atoms with E-state index in [1.807, 2.05) is 38.4 Å². The molecule has 0 aliphatic carbocycles. The maximum atomic E-state index is 6.50. The fourth-order valence-electron chi connectivity index (χ4n) is 6.79. The van der Waals surface area contributed by atoms with Gasteiger partial charge < -0.3 is 14.4 Å². The van der Waals surface area contributed by atoms with Crippen LogP contribution in [0.15, 0.2) is 108 Å². The van der Waals surface area contributed by atoms with Crippen LogP contribution in [-0.2, 0) is 26.5 Å². The molecule has 263 valence electrons. The Labute approximate surface area is 320 Å². The van der Waals surface area contributed by atoms with Crippen LogP contribution in [0.5, 0.6) is 0 Å². The smallest absolute Gasteiger partial charge is 0.128 e. The van der Waals surface area contributed by atoms with Crippen molar-refractivity contribution in [1.29, 1.82) is 0 Å². The number of nitrogens with zero attached hydrogens (tertiary/aromatic N) is 3. The van der Waals surface area contributed by atoms with Gasteiger partial charge in [0, 0.05) is 60.0 Å². The summed E-state index contributed by atoms with van der Waals surface area (Å²) in [4.78, 5) is 13.8. The molecule has 8 rings (SSSR count). The van der Waals surface area contributed by atoms with Gasteiger partial charge in [0.15, 0.2) is 0 Å². The number of hydrogen-bond acceptors (Lipinski definition) is 4. The Kier molecular flexibility index (Phi) is 10.6. The zero-order chi connectivity index (χ0) is 35.9. The van der Waals surface area contributed by atoms with Crippen LogP contribution in [0.4, 0.5) is 0 Å².